The molecule has 0 bridgehead atoms. The number of aromatic nitrogens is 2. The molecule has 182 valence electrons. The number of likely N-dealkylation sites (tertiary alicyclic amines) is 1. The quantitative estimate of drug-likeness (QED) is 0.553. The van der Waals surface area contributed by atoms with E-state index in [4.69, 9.17) is 9.26 Å². The average molecular weight is 475 g/mol. The normalized spacial score (nSPS) is 18.8. The maximum atomic E-state index is 13.2. The summed E-state index contributed by atoms with van der Waals surface area (Å²) in [7, 11) is 1.62. The van der Waals surface area contributed by atoms with Crippen molar-refractivity contribution in [2.24, 2.45) is 5.92 Å². The van der Waals surface area contributed by atoms with Crippen LogP contribution in [0.25, 0.3) is 11.4 Å². The number of aryl methyl sites for hydroxylation is 2. The minimum absolute atomic E-state index is 0.0115. The smallest absolute Gasteiger partial charge is 0.230 e. The molecule has 35 heavy (non-hydrogen) atoms. The first-order valence-corrected chi connectivity index (χ1v) is 12.1. The number of carbonyl (C=O) groups is 2. The van der Waals surface area contributed by atoms with Crippen LogP contribution in [-0.4, -0.2) is 53.6 Å². The van der Waals surface area contributed by atoms with Crippen LogP contribution in [0.1, 0.15) is 42.2 Å². The van der Waals surface area contributed by atoms with E-state index in [-0.39, 0.29) is 30.1 Å². The van der Waals surface area contributed by atoms with Crippen molar-refractivity contribution >= 4 is 17.5 Å². The number of rotatable bonds is 5. The summed E-state index contributed by atoms with van der Waals surface area (Å²) in [5.41, 5.74) is 4.04. The number of hydrogen-bond donors (Lipinski definition) is 0. The third-order valence-electron chi connectivity index (χ3n) is 7.20. The molecule has 0 N–H and O–H groups in total. The van der Waals surface area contributed by atoms with Gasteiger partial charge in [0.15, 0.2) is 0 Å². The molecule has 2 aliphatic rings. The molecule has 2 amide bonds. The summed E-state index contributed by atoms with van der Waals surface area (Å²) < 4.78 is 10.8. The van der Waals surface area contributed by atoms with Crippen LogP contribution in [0.5, 0.6) is 5.75 Å². The predicted molar refractivity (Wildman–Crippen MR) is 131 cm³/mol. The lowest BCUT2D eigenvalue weighted by atomic mass is 9.95. The van der Waals surface area contributed by atoms with E-state index in [0.29, 0.717) is 31.3 Å². The molecule has 2 aliphatic heterocycles. The molecule has 2 fully saturated rings. The molecular weight excluding hydrogens is 444 g/mol. The molecule has 3 heterocycles. The molecule has 0 spiro atoms. The van der Waals surface area contributed by atoms with Crippen LogP contribution >= 0.6 is 0 Å². The molecular formula is C27H30N4O4. The van der Waals surface area contributed by atoms with Crippen LogP contribution in [-0.2, 0) is 9.59 Å². The third-order valence-corrected chi connectivity index (χ3v) is 7.20. The first-order valence-electron chi connectivity index (χ1n) is 12.1. The minimum atomic E-state index is -0.302. The maximum Gasteiger partial charge on any atom is 0.230 e. The summed E-state index contributed by atoms with van der Waals surface area (Å²) in [4.78, 5) is 34.1. The number of ether oxygens (including phenoxy) is 1. The van der Waals surface area contributed by atoms with E-state index in [1.165, 1.54) is 5.56 Å². The molecule has 1 atom stereocenters. The van der Waals surface area contributed by atoms with Crippen molar-refractivity contribution in [1.82, 2.24) is 15.0 Å². The van der Waals surface area contributed by atoms with Crippen molar-refractivity contribution in [3.8, 4) is 17.1 Å². The molecule has 0 radical (unpaired) electrons. The lowest BCUT2D eigenvalue weighted by molar-refractivity contribution is -0.136. The zero-order chi connectivity index (χ0) is 24.5. The van der Waals surface area contributed by atoms with Gasteiger partial charge in [-0.05, 0) is 62.1 Å². The van der Waals surface area contributed by atoms with Crippen LogP contribution in [0.4, 0.5) is 5.69 Å². The molecule has 1 aromatic heterocycles. The van der Waals surface area contributed by atoms with Gasteiger partial charge in [0.2, 0.25) is 23.5 Å². The van der Waals surface area contributed by atoms with E-state index < -0.39 is 0 Å². The number of methoxy groups -OCH3 is 1. The van der Waals surface area contributed by atoms with Gasteiger partial charge in [-0.1, -0.05) is 23.4 Å². The monoisotopic (exact) mass is 474 g/mol. The summed E-state index contributed by atoms with van der Waals surface area (Å²) in [5.74, 6) is 1.76. The van der Waals surface area contributed by atoms with Crippen molar-refractivity contribution in [3.05, 3.63) is 59.5 Å². The fourth-order valence-corrected chi connectivity index (χ4v) is 4.90. The summed E-state index contributed by atoms with van der Waals surface area (Å²) in [6.45, 7) is 5.76. The lowest BCUT2D eigenvalue weighted by Crippen LogP contribution is -2.42. The third kappa shape index (κ3) is 4.65. The van der Waals surface area contributed by atoms with Crippen LogP contribution in [0.3, 0.4) is 0 Å². The standard InChI is InChI=1S/C27H30N4O4/c1-17-7-8-22(13-18(17)2)31-16-21(15-24(31)32)27(33)30-11-9-19(10-12-30)26-28-25(29-35-26)20-5-4-6-23(14-20)34-3/h4-8,13-14,19,21H,9-12,15-16H2,1-3H3/t21-/m1/s1. The highest BCUT2D eigenvalue weighted by molar-refractivity contribution is 6.00. The van der Waals surface area contributed by atoms with Crippen LogP contribution in [0, 0.1) is 19.8 Å². The average Bonchev–Trinajstić information content (AvgIpc) is 3.53. The number of piperidine rings is 1. The molecule has 8 nitrogen and oxygen atoms in total. The Bertz CT molecular complexity index is 1250. The summed E-state index contributed by atoms with van der Waals surface area (Å²) in [5, 5.41) is 4.15. The van der Waals surface area contributed by atoms with Crippen LogP contribution < -0.4 is 9.64 Å². The predicted octanol–water partition coefficient (Wildman–Crippen LogP) is 4.12. The molecule has 0 aliphatic carbocycles. The number of amides is 2. The second-order valence-corrected chi connectivity index (χ2v) is 9.46. The second-order valence-electron chi connectivity index (χ2n) is 9.46. The van der Waals surface area contributed by atoms with Gasteiger partial charge in [-0.2, -0.15) is 4.98 Å². The van der Waals surface area contributed by atoms with Gasteiger partial charge < -0.3 is 19.1 Å². The van der Waals surface area contributed by atoms with E-state index in [1.54, 1.807) is 12.0 Å². The fraction of sp³-hybridized carbons (Fsp3) is 0.407. The Morgan fingerprint density at radius 2 is 1.89 bits per heavy atom. The van der Waals surface area contributed by atoms with E-state index in [0.717, 1.165) is 35.4 Å². The Hall–Kier alpha value is -3.68. The highest BCUT2D eigenvalue weighted by atomic mass is 16.5. The van der Waals surface area contributed by atoms with Crippen molar-refractivity contribution in [2.45, 2.75) is 39.0 Å². The fourth-order valence-electron chi connectivity index (χ4n) is 4.90. The number of hydrogen-bond acceptors (Lipinski definition) is 6. The Morgan fingerprint density at radius 1 is 1.09 bits per heavy atom. The zero-order valence-electron chi connectivity index (χ0n) is 20.4. The largest absolute Gasteiger partial charge is 0.497 e. The second kappa shape index (κ2) is 9.52. The number of benzene rings is 2. The van der Waals surface area contributed by atoms with E-state index >= 15 is 0 Å². The van der Waals surface area contributed by atoms with Crippen molar-refractivity contribution in [3.63, 3.8) is 0 Å². The highest BCUT2D eigenvalue weighted by Gasteiger charge is 2.38. The van der Waals surface area contributed by atoms with Gasteiger partial charge in [0.05, 0.1) is 13.0 Å². The highest BCUT2D eigenvalue weighted by Crippen LogP contribution is 2.32. The zero-order valence-corrected chi connectivity index (χ0v) is 20.4. The van der Waals surface area contributed by atoms with Crippen molar-refractivity contribution in [1.29, 1.82) is 0 Å². The molecule has 5 rings (SSSR count). The Balaban J connectivity index is 1.19. The van der Waals surface area contributed by atoms with E-state index in [1.807, 2.05) is 54.3 Å². The molecule has 8 heteroatoms. The summed E-state index contributed by atoms with van der Waals surface area (Å²) >= 11 is 0. The molecule has 0 unspecified atom stereocenters. The molecule has 2 saturated heterocycles. The lowest BCUT2D eigenvalue weighted by Gasteiger charge is -2.32. The maximum absolute atomic E-state index is 13.2. The summed E-state index contributed by atoms with van der Waals surface area (Å²) in [6, 6.07) is 13.6. The van der Waals surface area contributed by atoms with E-state index in [9.17, 15) is 9.59 Å². The van der Waals surface area contributed by atoms with E-state index in [2.05, 4.69) is 17.1 Å². The number of nitrogens with zero attached hydrogens (tertiary/aromatic N) is 4. The van der Waals surface area contributed by atoms with Gasteiger partial charge >= 0.3 is 0 Å². The van der Waals surface area contributed by atoms with Gasteiger partial charge in [-0.3, -0.25) is 9.59 Å². The van der Waals surface area contributed by atoms with Crippen molar-refractivity contribution in [2.75, 3.05) is 31.6 Å². The van der Waals surface area contributed by atoms with Gasteiger partial charge in [-0.25, -0.2) is 0 Å². The molecule has 2 aromatic carbocycles. The molecule has 3 aromatic rings. The topological polar surface area (TPSA) is 88.8 Å². The first-order chi connectivity index (χ1) is 16.9. The van der Waals surface area contributed by atoms with Gasteiger partial charge in [0, 0.05) is 43.2 Å². The first kappa shape index (κ1) is 23.1. The van der Waals surface area contributed by atoms with Gasteiger partial charge in [0.25, 0.3) is 0 Å². The van der Waals surface area contributed by atoms with Gasteiger partial charge in [-0.15, -0.1) is 0 Å². The van der Waals surface area contributed by atoms with Crippen LogP contribution in [0.15, 0.2) is 47.0 Å². The Kier molecular flexibility index (Phi) is 6.28. The number of carbonyl (C=O) groups excluding carboxylic acids is 2. The van der Waals surface area contributed by atoms with Crippen molar-refractivity contribution < 1.29 is 18.8 Å². The Labute approximate surface area is 204 Å². The SMILES string of the molecule is COc1cccc(-c2noc(C3CCN(C(=O)[C@@H]4CC(=O)N(c5ccc(C)c(C)c5)C4)CC3)n2)c1. The van der Waals surface area contributed by atoms with Gasteiger partial charge in [0.1, 0.15) is 5.75 Å². The number of anilines is 1. The van der Waals surface area contributed by atoms with Crippen LogP contribution in [0.2, 0.25) is 0 Å². The molecule has 0 saturated carbocycles. The minimum Gasteiger partial charge on any atom is -0.497 e. The summed E-state index contributed by atoms with van der Waals surface area (Å²) in [6.07, 6.45) is 1.78. The Morgan fingerprint density at radius 3 is 2.63 bits per heavy atom.